The van der Waals surface area contributed by atoms with Gasteiger partial charge in [0.15, 0.2) is 0 Å². The molecule has 0 aliphatic carbocycles. The van der Waals surface area contributed by atoms with E-state index in [9.17, 15) is 4.79 Å². The Morgan fingerprint density at radius 1 is 1.13 bits per heavy atom. The quantitative estimate of drug-likeness (QED) is 0.421. The SMILES string of the molecule is CCCCC(C)(OCCC)C(=O)Nc1ccc(OCCCN2CCCCC2C)cc1. The molecule has 1 aromatic carbocycles. The predicted octanol–water partition coefficient (Wildman–Crippen LogP) is 5.64. The molecule has 0 saturated carbocycles. The fourth-order valence-corrected chi connectivity index (χ4v) is 3.94. The highest BCUT2D eigenvalue weighted by molar-refractivity contribution is 5.97. The third kappa shape index (κ3) is 7.92. The number of rotatable bonds is 13. The number of nitrogens with zero attached hydrogens (tertiary/aromatic N) is 1. The van der Waals surface area contributed by atoms with Crippen LogP contribution < -0.4 is 10.1 Å². The molecule has 0 spiro atoms. The zero-order valence-corrected chi connectivity index (χ0v) is 19.5. The average molecular weight is 419 g/mol. The number of carbonyl (C=O) groups excluding carboxylic acids is 1. The van der Waals surface area contributed by atoms with Crippen LogP contribution in [-0.4, -0.2) is 48.8 Å². The predicted molar refractivity (Wildman–Crippen MR) is 124 cm³/mol. The second-order valence-corrected chi connectivity index (χ2v) is 8.74. The van der Waals surface area contributed by atoms with Gasteiger partial charge in [-0.25, -0.2) is 0 Å². The summed E-state index contributed by atoms with van der Waals surface area (Å²) in [5.41, 5.74) is -0.00965. The van der Waals surface area contributed by atoms with E-state index in [1.165, 1.54) is 25.8 Å². The molecule has 170 valence electrons. The second-order valence-electron chi connectivity index (χ2n) is 8.74. The van der Waals surface area contributed by atoms with Crippen molar-refractivity contribution in [3.8, 4) is 5.75 Å². The first-order valence-electron chi connectivity index (χ1n) is 11.9. The Bertz CT molecular complexity index is 609. The lowest BCUT2D eigenvalue weighted by molar-refractivity contribution is -0.140. The van der Waals surface area contributed by atoms with E-state index in [2.05, 4.69) is 31.0 Å². The normalized spacial score (nSPS) is 19.3. The van der Waals surface area contributed by atoms with Gasteiger partial charge in [-0.3, -0.25) is 4.79 Å². The van der Waals surface area contributed by atoms with E-state index < -0.39 is 5.60 Å². The highest BCUT2D eigenvalue weighted by Gasteiger charge is 2.33. The van der Waals surface area contributed by atoms with Gasteiger partial charge in [0.2, 0.25) is 0 Å². The third-order valence-corrected chi connectivity index (χ3v) is 6.02. The summed E-state index contributed by atoms with van der Waals surface area (Å²) < 4.78 is 11.8. The number of amides is 1. The number of likely N-dealkylation sites (tertiary alicyclic amines) is 1. The van der Waals surface area contributed by atoms with Crippen LogP contribution in [0.3, 0.4) is 0 Å². The monoisotopic (exact) mass is 418 g/mol. The number of carbonyl (C=O) groups is 1. The molecule has 1 N–H and O–H groups in total. The van der Waals surface area contributed by atoms with Crippen LogP contribution in [0.1, 0.15) is 79.1 Å². The minimum atomic E-state index is -0.785. The van der Waals surface area contributed by atoms with Crippen molar-refractivity contribution in [2.24, 2.45) is 0 Å². The van der Waals surface area contributed by atoms with Crippen molar-refractivity contribution in [3.05, 3.63) is 24.3 Å². The van der Waals surface area contributed by atoms with Crippen molar-refractivity contribution in [2.75, 3.05) is 31.6 Å². The van der Waals surface area contributed by atoms with E-state index in [-0.39, 0.29) is 5.91 Å². The number of anilines is 1. The van der Waals surface area contributed by atoms with Crippen LogP contribution in [0, 0.1) is 0 Å². The summed E-state index contributed by atoms with van der Waals surface area (Å²) in [7, 11) is 0. The molecule has 1 aliphatic rings. The first kappa shape index (κ1) is 24.7. The maximum Gasteiger partial charge on any atom is 0.256 e. The molecule has 1 aromatic rings. The van der Waals surface area contributed by atoms with Gasteiger partial charge in [0, 0.05) is 24.9 Å². The van der Waals surface area contributed by atoms with Gasteiger partial charge in [-0.15, -0.1) is 0 Å². The molecule has 1 aliphatic heterocycles. The molecule has 5 nitrogen and oxygen atoms in total. The number of benzene rings is 1. The van der Waals surface area contributed by atoms with Crippen LogP contribution in [0.2, 0.25) is 0 Å². The van der Waals surface area contributed by atoms with Gasteiger partial charge in [-0.05, 0) is 76.8 Å². The third-order valence-electron chi connectivity index (χ3n) is 6.02. The van der Waals surface area contributed by atoms with Gasteiger partial charge >= 0.3 is 0 Å². The molecule has 2 unspecified atom stereocenters. The van der Waals surface area contributed by atoms with Crippen LogP contribution in [0.5, 0.6) is 5.75 Å². The highest BCUT2D eigenvalue weighted by atomic mass is 16.5. The summed E-state index contributed by atoms with van der Waals surface area (Å²) in [5, 5.41) is 3.02. The number of nitrogens with one attached hydrogen (secondary N) is 1. The van der Waals surface area contributed by atoms with E-state index in [1.54, 1.807) is 0 Å². The van der Waals surface area contributed by atoms with E-state index in [1.807, 2.05) is 31.2 Å². The Hall–Kier alpha value is -1.59. The summed E-state index contributed by atoms with van der Waals surface area (Å²) in [6, 6.07) is 8.36. The Labute approximate surface area is 183 Å². The highest BCUT2D eigenvalue weighted by Crippen LogP contribution is 2.23. The number of hydrogen-bond donors (Lipinski definition) is 1. The maximum atomic E-state index is 12.8. The fourth-order valence-electron chi connectivity index (χ4n) is 3.94. The molecule has 0 aromatic heterocycles. The number of ether oxygens (including phenoxy) is 2. The zero-order valence-electron chi connectivity index (χ0n) is 19.5. The summed E-state index contributed by atoms with van der Waals surface area (Å²) in [6.45, 7) is 12.0. The molecule has 2 atom stereocenters. The van der Waals surface area contributed by atoms with Crippen LogP contribution in [-0.2, 0) is 9.53 Å². The molecule has 0 radical (unpaired) electrons. The molecule has 1 saturated heterocycles. The standard InChI is InChI=1S/C25H42N2O3/c1-5-7-16-25(4,30-19-6-2)24(28)26-22-12-14-23(15-13-22)29-20-10-18-27-17-9-8-11-21(27)3/h12-15,21H,5-11,16-20H2,1-4H3,(H,26,28). The fraction of sp³-hybridized carbons (Fsp3) is 0.720. The molecule has 1 heterocycles. The topological polar surface area (TPSA) is 50.8 Å². The summed E-state index contributed by atoms with van der Waals surface area (Å²) in [6.07, 6.45) is 8.67. The molecule has 1 fully saturated rings. The Balaban J connectivity index is 1.78. The molecule has 2 rings (SSSR count). The van der Waals surface area contributed by atoms with Crippen LogP contribution in [0.4, 0.5) is 5.69 Å². The number of unbranched alkanes of at least 4 members (excludes halogenated alkanes) is 1. The first-order valence-corrected chi connectivity index (χ1v) is 11.9. The van der Waals surface area contributed by atoms with Gasteiger partial charge in [-0.1, -0.05) is 33.1 Å². The van der Waals surface area contributed by atoms with E-state index in [0.29, 0.717) is 12.6 Å². The summed E-state index contributed by atoms with van der Waals surface area (Å²) >= 11 is 0. The van der Waals surface area contributed by atoms with Crippen molar-refractivity contribution in [1.82, 2.24) is 4.90 Å². The van der Waals surface area contributed by atoms with Crippen molar-refractivity contribution < 1.29 is 14.3 Å². The van der Waals surface area contributed by atoms with Gasteiger partial charge in [-0.2, -0.15) is 0 Å². The van der Waals surface area contributed by atoms with Crippen LogP contribution >= 0.6 is 0 Å². The Morgan fingerprint density at radius 2 is 1.90 bits per heavy atom. The molecule has 0 bridgehead atoms. The second kappa shape index (κ2) is 13.0. The molecule has 30 heavy (non-hydrogen) atoms. The lowest BCUT2D eigenvalue weighted by Crippen LogP contribution is -2.43. The number of piperidine rings is 1. The van der Waals surface area contributed by atoms with Crippen LogP contribution in [0.15, 0.2) is 24.3 Å². The smallest absolute Gasteiger partial charge is 0.256 e. The van der Waals surface area contributed by atoms with Crippen molar-refractivity contribution in [1.29, 1.82) is 0 Å². The first-order chi connectivity index (χ1) is 14.5. The van der Waals surface area contributed by atoms with E-state index in [4.69, 9.17) is 9.47 Å². The Morgan fingerprint density at radius 3 is 2.57 bits per heavy atom. The summed E-state index contributed by atoms with van der Waals surface area (Å²) in [4.78, 5) is 15.4. The average Bonchev–Trinajstić information content (AvgIpc) is 2.76. The van der Waals surface area contributed by atoms with Crippen molar-refractivity contribution in [2.45, 2.75) is 90.7 Å². The van der Waals surface area contributed by atoms with Crippen molar-refractivity contribution >= 4 is 11.6 Å². The van der Waals surface area contributed by atoms with Crippen molar-refractivity contribution in [3.63, 3.8) is 0 Å². The van der Waals surface area contributed by atoms with Gasteiger partial charge < -0.3 is 19.7 Å². The largest absolute Gasteiger partial charge is 0.494 e. The number of hydrogen-bond acceptors (Lipinski definition) is 4. The molecular weight excluding hydrogens is 376 g/mol. The minimum Gasteiger partial charge on any atom is -0.494 e. The summed E-state index contributed by atoms with van der Waals surface area (Å²) in [5.74, 6) is 0.768. The zero-order chi connectivity index (χ0) is 21.8. The lowest BCUT2D eigenvalue weighted by Gasteiger charge is -2.33. The van der Waals surface area contributed by atoms with Gasteiger partial charge in [0.25, 0.3) is 5.91 Å². The minimum absolute atomic E-state index is 0.0753. The van der Waals surface area contributed by atoms with E-state index in [0.717, 1.165) is 56.7 Å². The lowest BCUT2D eigenvalue weighted by atomic mass is 9.97. The molecular formula is C25H42N2O3. The van der Waals surface area contributed by atoms with Gasteiger partial charge in [0.1, 0.15) is 11.4 Å². The molecule has 1 amide bonds. The maximum absolute atomic E-state index is 12.8. The van der Waals surface area contributed by atoms with E-state index >= 15 is 0 Å². The van der Waals surface area contributed by atoms with Crippen LogP contribution in [0.25, 0.3) is 0 Å². The molecule has 5 heteroatoms. The van der Waals surface area contributed by atoms with Gasteiger partial charge in [0.05, 0.1) is 6.61 Å². The Kier molecular flexibility index (Phi) is 10.7.